The van der Waals surface area contributed by atoms with Gasteiger partial charge in [-0.05, 0) is 127 Å². The number of hydrogen-bond donors (Lipinski definition) is 1. The molecule has 7 heteroatoms. The molecule has 0 aliphatic carbocycles. The second kappa shape index (κ2) is 24.7. The molecule has 75 heavy (non-hydrogen) atoms. The van der Waals surface area contributed by atoms with Gasteiger partial charge in [-0.3, -0.25) is 4.79 Å². The minimum absolute atomic E-state index is 0.0364. The number of aromatic hydroxyl groups is 1. The Morgan fingerprint density at radius 2 is 0.653 bits per heavy atom. The SMILES string of the molecule is C=Cc1ccc(COc2cc(Cc3cc(COc4cc(C=O)c(O)c(C(C)(C)C)c4)cc(Cc4cc(OCc5ccc(C=C)cc5)cc(OCc5ccc(C=C)cc5)c4)c3)cc(OCc3ccc(C=C)cc3)c2)cc1. The number of benzene rings is 8. The number of hydrogen-bond acceptors (Lipinski definition) is 7. The maximum Gasteiger partial charge on any atom is 0.153 e. The predicted octanol–water partition coefficient (Wildman–Crippen LogP) is 16.2. The molecule has 0 unspecified atom stereocenters. The average Bonchev–Trinajstić information content (AvgIpc) is 3.42. The lowest BCUT2D eigenvalue weighted by Crippen LogP contribution is -2.12. The summed E-state index contributed by atoms with van der Waals surface area (Å²) in [5.74, 6) is 3.18. The lowest BCUT2D eigenvalue weighted by atomic mass is 9.85. The van der Waals surface area contributed by atoms with Crippen LogP contribution >= 0.6 is 0 Å². The number of carbonyl (C=O) groups excluding carboxylic acids is 1. The molecule has 8 rings (SSSR count). The lowest BCUT2D eigenvalue weighted by Gasteiger charge is -2.22. The molecule has 0 radical (unpaired) electrons. The number of rotatable bonds is 24. The van der Waals surface area contributed by atoms with E-state index in [0.717, 1.165) is 72.3 Å². The monoisotopic (exact) mass is 992 g/mol. The van der Waals surface area contributed by atoms with E-state index in [0.29, 0.717) is 79.9 Å². The van der Waals surface area contributed by atoms with Gasteiger partial charge in [0.25, 0.3) is 0 Å². The van der Waals surface area contributed by atoms with Gasteiger partial charge in [-0.15, -0.1) is 0 Å². The molecule has 0 aliphatic heterocycles. The third-order valence-electron chi connectivity index (χ3n) is 12.7. The summed E-state index contributed by atoms with van der Waals surface area (Å²) in [6, 6.07) is 54.6. The lowest BCUT2D eigenvalue weighted by molar-refractivity contribution is 0.112. The number of ether oxygens (including phenoxy) is 5. The van der Waals surface area contributed by atoms with Crippen molar-refractivity contribution in [2.45, 2.75) is 72.1 Å². The first-order valence-electron chi connectivity index (χ1n) is 25.1. The quantitative estimate of drug-likeness (QED) is 0.0604. The summed E-state index contributed by atoms with van der Waals surface area (Å²) in [6.07, 6.45) is 9.05. The molecule has 0 fully saturated rings. The van der Waals surface area contributed by atoms with Crippen LogP contribution in [0, 0.1) is 0 Å². The van der Waals surface area contributed by atoms with Gasteiger partial charge in [0.1, 0.15) is 67.5 Å². The molecule has 1 N–H and O–H groups in total. The van der Waals surface area contributed by atoms with Crippen molar-refractivity contribution in [2.24, 2.45) is 0 Å². The Bertz CT molecular complexity index is 2940. The van der Waals surface area contributed by atoms with E-state index in [1.54, 1.807) is 6.07 Å². The van der Waals surface area contributed by atoms with Crippen molar-refractivity contribution in [1.82, 2.24) is 0 Å². The van der Waals surface area contributed by atoms with Crippen LogP contribution < -0.4 is 23.7 Å². The largest absolute Gasteiger partial charge is 0.507 e. The summed E-state index contributed by atoms with van der Waals surface area (Å²) < 4.78 is 32.4. The van der Waals surface area contributed by atoms with Crippen molar-refractivity contribution in [3.05, 3.63) is 274 Å². The van der Waals surface area contributed by atoms with Crippen LogP contribution in [0.2, 0.25) is 0 Å². The van der Waals surface area contributed by atoms with Crippen molar-refractivity contribution in [3.8, 4) is 34.5 Å². The maximum atomic E-state index is 12.1. The van der Waals surface area contributed by atoms with Crippen molar-refractivity contribution in [1.29, 1.82) is 0 Å². The fourth-order valence-electron chi connectivity index (χ4n) is 8.60. The first kappa shape index (κ1) is 52.5. The van der Waals surface area contributed by atoms with Gasteiger partial charge in [-0.25, -0.2) is 0 Å². The number of carbonyl (C=O) groups is 1. The molecular weight excluding hydrogens is 929 g/mol. The average molecular weight is 993 g/mol. The van der Waals surface area contributed by atoms with Crippen molar-refractivity contribution in [2.75, 3.05) is 0 Å². The molecule has 0 heterocycles. The summed E-state index contributed by atoms with van der Waals surface area (Å²) in [4.78, 5) is 12.1. The van der Waals surface area contributed by atoms with E-state index in [1.165, 1.54) is 0 Å². The Labute approximate surface area is 442 Å². The van der Waals surface area contributed by atoms with Gasteiger partial charge in [0.15, 0.2) is 6.29 Å². The number of phenols is 1. The first-order chi connectivity index (χ1) is 36.3. The minimum Gasteiger partial charge on any atom is -0.507 e. The highest BCUT2D eigenvalue weighted by molar-refractivity contribution is 5.81. The van der Waals surface area contributed by atoms with Gasteiger partial charge >= 0.3 is 0 Å². The van der Waals surface area contributed by atoms with E-state index in [1.807, 2.05) is 160 Å². The van der Waals surface area contributed by atoms with E-state index < -0.39 is 5.41 Å². The Hall–Kier alpha value is -8.81. The molecule has 7 nitrogen and oxygen atoms in total. The summed E-state index contributed by atoms with van der Waals surface area (Å²) in [5.41, 5.74) is 13.6. The fraction of sp³-hybridized carbons (Fsp3) is 0.162. The van der Waals surface area contributed by atoms with E-state index in [2.05, 4.69) is 68.8 Å². The second-order valence-corrected chi connectivity index (χ2v) is 19.6. The first-order valence-corrected chi connectivity index (χ1v) is 25.1. The molecule has 8 aromatic carbocycles. The van der Waals surface area contributed by atoms with Gasteiger partial charge in [0.2, 0.25) is 0 Å². The Kier molecular flexibility index (Phi) is 17.3. The summed E-state index contributed by atoms with van der Waals surface area (Å²) in [7, 11) is 0. The van der Waals surface area contributed by atoms with Gasteiger partial charge in [-0.2, -0.15) is 0 Å². The zero-order valence-corrected chi connectivity index (χ0v) is 43.2. The topological polar surface area (TPSA) is 83.5 Å². The summed E-state index contributed by atoms with van der Waals surface area (Å²) in [5, 5.41) is 11.0. The number of aldehydes is 1. The van der Waals surface area contributed by atoms with Crippen LogP contribution in [0.3, 0.4) is 0 Å². The van der Waals surface area contributed by atoms with Crippen molar-refractivity contribution < 1.29 is 33.6 Å². The van der Waals surface area contributed by atoms with Crippen LogP contribution in [0.5, 0.6) is 34.5 Å². The standard InChI is InChI=1S/C68H64O7/c1-8-47-12-20-51(21-13-47)42-71-61-33-57(34-62(38-61)72-43-52-22-14-48(9-2)15-23-52)29-55-28-56(32-59(31-55)46-75-65-37-60(41-69)67(70)66(40-65)68(5,6)7)30-58-35-63(73-44-53-24-16-49(10-3)17-25-53)39-64(36-58)74-45-54-26-18-50(11-4)19-27-54/h8-28,31-41,70H,1-4,29-30,42-46H2,5-7H3. The molecule has 378 valence electrons. The zero-order chi connectivity index (χ0) is 52.7. The van der Waals surface area contributed by atoms with E-state index in [9.17, 15) is 9.90 Å². The van der Waals surface area contributed by atoms with Crippen LogP contribution in [-0.4, -0.2) is 11.4 Å². The van der Waals surface area contributed by atoms with Gasteiger partial charge < -0.3 is 28.8 Å². The Morgan fingerprint density at radius 1 is 0.373 bits per heavy atom. The summed E-state index contributed by atoms with van der Waals surface area (Å²) >= 11 is 0. The van der Waals surface area contributed by atoms with Gasteiger partial charge in [0, 0.05) is 17.7 Å². The van der Waals surface area contributed by atoms with Crippen LogP contribution in [0.1, 0.15) is 109 Å². The molecule has 0 bridgehead atoms. The Morgan fingerprint density at radius 3 is 0.947 bits per heavy atom. The normalized spacial score (nSPS) is 11.0. The van der Waals surface area contributed by atoms with E-state index in [-0.39, 0.29) is 17.9 Å². The van der Waals surface area contributed by atoms with Crippen molar-refractivity contribution in [3.63, 3.8) is 0 Å². The predicted molar refractivity (Wildman–Crippen MR) is 305 cm³/mol. The van der Waals surface area contributed by atoms with E-state index >= 15 is 0 Å². The van der Waals surface area contributed by atoms with Crippen LogP contribution in [-0.2, 0) is 51.3 Å². The number of phenolic OH excluding ortho intramolecular Hbond substituents is 1. The third kappa shape index (κ3) is 14.9. The molecule has 0 aliphatic rings. The molecule has 0 spiro atoms. The molecule has 0 amide bonds. The highest BCUT2D eigenvalue weighted by atomic mass is 16.5. The van der Waals surface area contributed by atoms with Crippen LogP contribution in [0.4, 0.5) is 0 Å². The molecule has 8 aromatic rings. The molecule has 0 saturated heterocycles. The van der Waals surface area contributed by atoms with Gasteiger partial charge in [-0.1, -0.05) is 187 Å². The zero-order valence-electron chi connectivity index (χ0n) is 43.2. The molecule has 0 aromatic heterocycles. The molecule has 0 saturated carbocycles. The third-order valence-corrected chi connectivity index (χ3v) is 12.7. The Balaban J connectivity index is 1.13. The van der Waals surface area contributed by atoms with Gasteiger partial charge in [0.05, 0.1) is 5.56 Å². The minimum atomic E-state index is -0.436. The molecule has 0 atom stereocenters. The van der Waals surface area contributed by atoms with E-state index in [4.69, 9.17) is 23.7 Å². The van der Waals surface area contributed by atoms with Crippen LogP contribution in [0.15, 0.2) is 190 Å². The van der Waals surface area contributed by atoms with Crippen molar-refractivity contribution >= 4 is 30.6 Å². The smallest absolute Gasteiger partial charge is 0.153 e. The molecular formula is C68H64O7. The summed E-state index contributed by atoms with van der Waals surface area (Å²) in [6.45, 7) is 23.2. The highest BCUT2D eigenvalue weighted by Gasteiger charge is 2.22. The highest BCUT2D eigenvalue weighted by Crippen LogP contribution is 2.37. The second-order valence-electron chi connectivity index (χ2n) is 19.6. The fourth-order valence-corrected chi connectivity index (χ4v) is 8.60. The van der Waals surface area contributed by atoms with Crippen LogP contribution in [0.25, 0.3) is 24.3 Å². The maximum absolute atomic E-state index is 12.1.